The van der Waals surface area contributed by atoms with Gasteiger partial charge in [0.1, 0.15) is 5.69 Å². The smallest absolute Gasteiger partial charge is 0.455 e. The molecule has 2 aromatic heterocycles. The van der Waals surface area contributed by atoms with Crippen molar-refractivity contribution in [2.45, 2.75) is 38.5 Å². The summed E-state index contributed by atoms with van der Waals surface area (Å²) in [6.07, 6.45) is -1.53. The molecule has 0 saturated carbocycles. The Balaban J connectivity index is 1.47. The lowest BCUT2D eigenvalue weighted by molar-refractivity contribution is -0.156. The van der Waals surface area contributed by atoms with Crippen LogP contribution in [0.2, 0.25) is 5.02 Å². The van der Waals surface area contributed by atoms with Crippen LogP contribution in [-0.4, -0.2) is 38.9 Å². The molecule has 0 fully saturated rings. The first-order chi connectivity index (χ1) is 18.6. The van der Waals surface area contributed by atoms with Crippen molar-refractivity contribution in [3.63, 3.8) is 0 Å². The van der Waals surface area contributed by atoms with Crippen LogP contribution in [0.3, 0.4) is 0 Å². The molecule has 0 unspecified atom stereocenters. The number of esters is 1. The van der Waals surface area contributed by atoms with Crippen molar-refractivity contribution in [2.24, 2.45) is 7.05 Å². The number of benzene rings is 2. The normalized spacial score (nSPS) is 12.6. The van der Waals surface area contributed by atoms with Gasteiger partial charge in [0.05, 0.1) is 0 Å². The number of halogens is 1. The molecule has 0 spiro atoms. The van der Waals surface area contributed by atoms with Crippen LogP contribution in [0.15, 0.2) is 73.0 Å². The van der Waals surface area contributed by atoms with Crippen molar-refractivity contribution in [3.05, 3.63) is 103 Å². The Hall–Kier alpha value is -4.35. The van der Waals surface area contributed by atoms with Crippen LogP contribution in [0.1, 0.15) is 34.0 Å². The summed E-state index contributed by atoms with van der Waals surface area (Å²) in [5.74, 6) is -2.29. The minimum Gasteiger partial charge on any atom is -0.455 e. The first kappa shape index (κ1) is 27.7. The number of aryl methyl sites for hydroxylation is 2. The zero-order valence-electron chi connectivity index (χ0n) is 21.1. The lowest BCUT2D eigenvalue weighted by Gasteiger charge is -2.21. The molecule has 2 aromatic carbocycles. The predicted octanol–water partition coefficient (Wildman–Crippen LogP) is 2.72. The van der Waals surface area contributed by atoms with Crippen molar-refractivity contribution in [3.8, 4) is 11.1 Å². The summed E-state index contributed by atoms with van der Waals surface area (Å²) >= 11 is 6.10. The Morgan fingerprint density at radius 2 is 1.85 bits per heavy atom. The largest absolute Gasteiger partial charge is 0.519 e. The van der Waals surface area contributed by atoms with Gasteiger partial charge < -0.3 is 24.0 Å². The second-order valence-electron chi connectivity index (χ2n) is 8.94. The second-order valence-corrected chi connectivity index (χ2v) is 9.38. The van der Waals surface area contributed by atoms with E-state index in [0.717, 1.165) is 27.4 Å². The molecule has 0 aliphatic rings. The number of ether oxygens (including phenoxy) is 1. The number of aliphatic hydroxyl groups is 1. The van der Waals surface area contributed by atoms with Gasteiger partial charge in [-0.15, -0.1) is 0 Å². The molecule has 0 saturated heterocycles. The van der Waals surface area contributed by atoms with Gasteiger partial charge in [0.15, 0.2) is 24.2 Å². The van der Waals surface area contributed by atoms with Gasteiger partial charge in [-0.05, 0) is 42.2 Å². The molecule has 0 radical (unpaired) electrons. The van der Waals surface area contributed by atoms with E-state index in [1.165, 1.54) is 14.0 Å². The van der Waals surface area contributed by atoms with Crippen LogP contribution in [0, 0.1) is 6.92 Å². The standard InChI is InChI=1S/C27H26ClN3O8/c1-15-23(39-27(36)38-15)14-37-26(35)22(32)12-20(29-25(34)21-13-24(33)31(2)30-21)10-16-6-8-17(9-7-16)18-4-3-5-19(28)11-18/h3-9,11,13,20,22,30,32H,10,12,14H2,1-2H3,(H,29,34)/t20-,22-/m1/s1. The summed E-state index contributed by atoms with van der Waals surface area (Å²) in [5.41, 5.74) is 2.34. The molecule has 204 valence electrons. The number of amides is 1. The lowest BCUT2D eigenvalue weighted by atomic mass is 9.97. The fraction of sp³-hybridized carbons (Fsp3) is 0.259. The molecule has 1 amide bonds. The number of hydrogen-bond acceptors (Lipinski definition) is 8. The SMILES string of the molecule is Cc1oc(=O)oc1COC(=O)[C@H](O)C[C@@H](Cc1ccc(-c2cccc(Cl)c2)cc1)NC(=O)c1cc(=O)n(C)[nH]1. The average molecular weight is 556 g/mol. The fourth-order valence-electron chi connectivity index (χ4n) is 3.95. The summed E-state index contributed by atoms with van der Waals surface area (Å²) in [7, 11) is 1.47. The number of nitrogens with zero attached hydrogens (tertiary/aromatic N) is 1. The van der Waals surface area contributed by atoms with Gasteiger partial charge in [0.2, 0.25) is 0 Å². The maximum absolute atomic E-state index is 12.8. The summed E-state index contributed by atoms with van der Waals surface area (Å²) in [6.45, 7) is 1.07. The summed E-state index contributed by atoms with van der Waals surface area (Å²) in [4.78, 5) is 48.2. The van der Waals surface area contributed by atoms with Gasteiger partial charge in [-0.25, -0.2) is 9.59 Å². The van der Waals surface area contributed by atoms with E-state index in [9.17, 15) is 24.3 Å². The van der Waals surface area contributed by atoms with Gasteiger partial charge in [0.25, 0.3) is 11.5 Å². The fourth-order valence-corrected chi connectivity index (χ4v) is 4.14. The number of aromatic nitrogens is 2. The number of carbonyl (C=O) groups is 2. The van der Waals surface area contributed by atoms with Crippen LogP contribution < -0.4 is 16.7 Å². The Morgan fingerprint density at radius 1 is 1.10 bits per heavy atom. The van der Waals surface area contributed by atoms with Crippen molar-refractivity contribution < 1.29 is 28.3 Å². The second kappa shape index (κ2) is 12.0. The van der Waals surface area contributed by atoms with E-state index in [1.807, 2.05) is 42.5 Å². The first-order valence-corrected chi connectivity index (χ1v) is 12.3. The number of aromatic amines is 1. The molecule has 0 aliphatic carbocycles. The van der Waals surface area contributed by atoms with Crippen molar-refractivity contribution >= 4 is 23.5 Å². The quantitative estimate of drug-likeness (QED) is 0.252. The molecule has 39 heavy (non-hydrogen) atoms. The van der Waals surface area contributed by atoms with E-state index < -0.39 is 42.0 Å². The molecule has 0 aliphatic heterocycles. The third-order valence-electron chi connectivity index (χ3n) is 6.02. The summed E-state index contributed by atoms with van der Waals surface area (Å²) in [5, 5.41) is 16.6. The van der Waals surface area contributed by atoms with Gasteiger partial charge in [-0.1, -0.05) is 48.0 Å². The molecular formula is C27H26ClN3O8. The van der Waals surface area contributed by atoms with E-state index in [1.54, 1.807) is 6.07 Å². The van der Waals surface area contributed by atoms with Crippen LogP contribution in [0.25, 0.3) is 11.1 Å². The third-order valence-corrected chi connectivity index (χ3v) is 6.26. The Morgan fingerprint density at radius 3 is 2.46 bits per heavy atom. The minimum atomic E-state index is -1.60. The highest BCUT2D eigenvalue weighted by Gasteiger charge is 2.25. The molecule has 4 aromatic rings. The van der Waals surface area contributed by atoms with Gasteiger partial charge >= 0.3 is 11.8 Å². The van der Waals surface area contributed by atoms with Crippen LogP contribution in [-0.2, 0) is 29.6 Å². The molecule has 2 heterocycles. The molecule has 3 N–H and O–H groups in total. The lowest BCUT2D eigenvalue weighted by Crippen LogP contribution is -2.41. The maximum Gasteiger partial charge on any atom is 0.519 e. The molecule has 0 bridgehead atoms. The highest BCUT2D eigenvalue weighted by Crippen LogP contribution is 2.23. The van der Waals surface area contributed by atoms with Crippen molar-refractivity contribution in [2.75, 3.05) is 0 Å². The van der Waals surface area contributed by atoms with Crippen LogP contribution in [0.4, 0.5) is 0 Å². The number of aliphatic hydroxyl groups excluding tert-OH is 1. The monoisotopic (exact) mass is 555 g/mol. The van der Waals surface area contributed by atoms with E-state index in [0.29, 0.717) is 5.02 Å². The van der Waals surface area contributed by atoms with E-state index >= 15 is 0 Å². The van der Waals surface area contributed by atoms with Crippen molar-refractivity contribution in [1.82, 2.24) is 15.1 Å². The molecule has 2 atom stereocenters. The number of hydrogen-bond donors (Lipinski definition) is 3. The molecule has 12 heteroatoms. The first-order valence-electron chi connectivity index (χ1n) is 11.9. The zero-order chi connectivity index (χ0) is 28.1. The van der Waals surface area contributed by atoms with Gasteiger partial charge in [-0.3, -0.25) is 19.4 Å². The minimum absolute atomic E-state index is 0.0261. The van der Waals surface area contributed by atoms with E-state index in [4.69, 9.17) is 25.2 Å². The van der Waals surface area contributed by atoms with E-state index in [-0.39, 0.29) is 30.1 Å². The van der Waals surface area contributed by atoms with Gasteiger partial charge in [-0.2, -0.15) is 0 Å². The topological polar surface area (TPSA) is 157 Å². The highest BCUT2D eigenvalue weighted by atomic mass is 35.5. The Labute approximate surface area is 227 Å². The highest BCUT2D eigenvalue weighted by molar-refractivity contribution is 6.30. The summed E-state index contributed by atoms with van der Waals surface area (Å²) < 4.78 is 15.7. The number of carbonyl (C=O) groups excluding carboxylic acids is 2. The number of H-pyrrole nitrogens is 1. The Bertz CT molecular complexity index is 1580. The molecule has 4 rings (SSSR count). The molecule has 11 nitrogen and oxygen atoms in total. The van der Waals surface area contributed by atoms with Crippen molar-refractivity contribution in [1.29, 1.82) is 0 Å². The van der Waals surface area contributed by atoms with Gasteiger partial charge in [0, 0.05) is 30.6 Å². The Kier molecular flexibility index (Phi) is 8.52. The van der Waals surface area contributed by atoms with E-state index in [2.05, 4.69) is 10.4 Å². The predicted molar refractivity (Wildman–Crippen MR) is 140 cm³/mol. The average Bonchev–Trinajstić information content (AvgIpc) is 3.41. The maximum atomic E-state index is 12.8. The summed E-state index contributed by atoms with van der Waals surface area (Å²) in [6, 6.07) is 15.4. The molecular weight excluding hydrogens is 530 g/mol. The number of nitrogens with one attached hydrogen (secondary N) is 2. The van der Waals surface area contributed by atoms with Crippen LogP contribution in [0.5, 0.6) is 0 Å². The zero-order valence-corrected chi connectivity index (χ0v) is 21.9. The van der Waals surface area contributed by atoms with Crippen LogP contribution >= 0.6 is 11.6 Å². The third kappa shape index (κ3) is 7.15. The number of rotatable bonds is 10.